The van der Waals surface area contributed by atoms with Gasteiger partial charge in [-0.15, -0.1) is 0 Å². The summed E-state index contributed by atoms with van der Waals surface area (Å²) in [4.78, 5) is 0. The number of alkyl halides is 1. The molecule has 1 aromatic carbocycles. The number of benzene rings is 1. The Morgan fingerprint density at radius 1 is 1.31 bits per heavy atom. The fraction of sp³-hybridized carbons (Fsp3) is 0.571. The van der Waals surface area contributed by atoms with Gasteiger partial charge < -0.3 is 5.32 Å². The Hall–Kier alpha value is -0.890. The van der Waals surface area contributed by atoms with Crippen molar-refractivity contribution in [2.75, 3.05) is 6.54 Å². The zero-order valence-electron chi connectivity index (χ0n) is 9.88. The van der Waals surface area contributed by atoms with Crippen LogP contribution in [-0.2, 0) is 0 Å². The van der Waals surface area contributed by atoms with Crippen molar-refractivity contribution in [1.29, 1.82) is 0 Å². The molecule has 0 amide bonds. The molecule has 1 aliphatic rings. The van der Waals surface area contributed by atoms with Gasteiger partial charge in [0.25, 0.3) is 0 Å². The van der Waals surface area contributed by atoms with Crippen LogP contribution in [0.1, 0.15) is 43.0 Å². The Kier molecular flexibility index (Phi) is 3.94. The first-order valence-electron chi connectivity index (χ1n) is 6.20. The van der Waals surface area contributed by atoms with Crippen LogP contribution in [0.4, 0.5) is 4.39 Å². The first-order chi connectivity index (χ1) is 7.75. The minimum Gasteiger partial charge on any atom is -0.314 e. The van der Waals surface area contributed by atoms with Crippen LogP contribution >= 0.6 is 0 Å². The highest BCUT2D eigenvalue weighted by Gasteiger charge is 2.18. The summed E-state index contributed by atoms with van der Waals surface area (Å²) in [5.74, 6) is 0. The smallest absolute Gasteiger partial charge is 0.127 e. The molecule has 1 heterocycles. The number of nitrogens with one attached hydrogen (secondary N) is 1. The van der Waals surface area contributed by atoms with Crippen LogP contribution in [0.3, 0.4) is 0 Å². The van der Waals surface area contributed by atoms with Crippen molar-refractivity contribution in [3.8, 4) is 0 Å². The van der Waals surface area contributed by atoms with Gasteiger partial charge in [0.05, 0.1) is 0 Å². The van der Waals surface area contributed by atoms with Crippen LogP contribution in [0.2, 0.25) is 0 Å². The standard InChI is InChI=1S/C14H20FN/c1-11-5-7-12(8-6-11)14(15)10-13-4-2-3-9-16-13/h5-8,13-14,16H,2-4,9-10H2,1H3. The summed E-state index contributed by atoms with van der Waals surface area (Å²) in [6.07, 6.45) is 3.38. The molecule has 1 saturated heterocycles. The van der Waals surface area contributed by atoms with Crippen molar-refractivity contribution in [2.24, 2.45) is 0 Å². The highest BCUT2D eigenvalue weighted by Crippen LogP contribution is 2.25. The van der Waals surface area contributed by atoms with Gasteiger partial charge in [-0.05, 0) is 38.3 Å². The summed E-state index contributed by atoms with van der Waals surface area (Å²) in [5, 5.41) is 3.39. The third kappa shape index (κ3) is 3.05. The monoisotopic (exact) mass is 221 g/mol. The zero-order valence-corrected chi connectivity index (χ0v) is 9.88. The summed E-state index contributed by atoms with van der Waals surface area (Å²) in [6, 6.07) is 8.14. The highest BCUT2D eigenvalue weighted by atomic mass is 19.1. The maximum atomic E-state index is 14.0. The lowest BCUT2D eigenvalue weighted by atomic mass is 9.96. The molecule has 1 N–H and O–H groups in total. The molecule has 0 saturated carbocycles. The molecule has 0 bridgehead atoms. The van der Waals surface area contributed by atoms with Gasteiger partial charge in [-0.25, -0.2) is 4.39 Å². The van der Waals surface area contributed by atoms with Gasteiger partial charge in [-0.2, -0.15) is 0 Å². The largest absolute Gasteiger partial charge is 0.314 e. The van der Waals surface area contributed by atoms with Crippen molar-refractivity contribution in [3.05, 3.63) is 35.4 Å². The lowest BCUT2D eigenvalue weighted by Crippen LogP contribution is -2.34. The van der Waals surface area contributed by atoms with E-state index in [-0.39, 0.29) is 0 Å². The SMILES string of the molecule is Cc1ccc(C(F)CC2CCCCN2)cc1. The fourth-order valence-corrected chi connectivity index (χ4v) is 2.29. The van der Waals surface area contributed by atoms with Gasteiger partial charge in [0.2, 0.25) is 0 Å². The zero-order chi connectivity index (χ0) is 11.4. The van der Waals surface area contributed by atoms with Crippen molar-refractivity contribution in [1.82, 2.24) is 5.32 Å². The lowest BCUT2D eigenvalue weighted by Gasteiger charge is -2.24. The molecule has 2 unspecified atom stereocenters. The van der Waals surface area contributed by atoms with Crippen LogP contribution in [0.5, 0.6) is 0 Å². The quantitative estimate of drug-likeness (QED) is 0.823. The molecule has 0 radical (unpaired) electrons. The second-order valence-electron chi connectivity index (χ2n) is 4.76. The van der Waals surface area contributed by atoms with Crippen LogP contribution in [0, 0.1) is 6.92 Å². The van der Waals surface area contributed by atoms with E-state index in [1.165, 1.54) is 18.4 Å². The number of hydrogen-bond donors (Lipinski definition) is 1. The molecule has 1 aromatic rings. The molecule has 2 heteroatoms. The average Bonchev–Trinajstić information content (AvgIpc) is 2.31. The van der Waals surface area contributed by atoms with Gasteiger partial charge in [0.1, 0.15) is 6.17 Å². The Morgan fingerprint density at radius 2 is 2.06 bits per heavy atom. The highest BCUT2D eigenvalue weighted by molar-refractivity contribution is 5.23. The second kappa shape index (κ2) is 5.44. The Balaban J connectivity index is 1.91. The van der Waals surface area contributed by atoms with Crippen molar-refractivity contribution < 1.29 is 4.39 Å². The van der Waals surface area contributed by atoms with Crippen LogP contribution in [0.25, 0.3) is 0 Å². The normalized spacial score (nSPS) is 23.0. The Bertz CT molecular complexity index is 314. The summed E-state index contributed by atoms with van der Waals surface area (Å²) in [7, 11) is 0. The molecule has 0 aliphatic carbocycles. The minimum absolute atomic E-state index is 0.366. The molecule has 0 spiro atoms. The number of piperidine rings is 1. The first-order valence-corrected chi connectivity index (χ1v) is 6.20. The summed E-state index contributed by atoms with van der Waals surface area (Å²) in [5.41, 5.74) is 2.00. The predicted octanol–water partition coefficient (Wildman–Crippen LogP) is 3.54. The Morgan fingerprint density at radius 3 is 2.69 bits per heavy atom. The molecule has 1 nitrogen and oxygen atoms in total. The van der Waals surface area contributed by atoms with E-state index in [9.17, 15) is 4.39 Å². The van der Waals surface area contributed by atoms with E-state index in [4.69, 9.17) is 0 Å². The average molecular weight is 221 g/mol. The van der Waals surface area contributed by atoms with E-state index in [0.29, 0.717) is 12.5 Å². The molecule has 2 rings (SSSR count). The number of halogens is 1. The third-order valence-electron chi connectivity index (χ3n) is 3.34. The predicted molar refractivity (Wildman–Crippen MR) is 65.3 cm³/mol. The number of rotatable bonds is 3. The Labute approximate surface area is 97.1 Å². The molecule has 1 fully saturated rings. The van der Waals surface area contributed by atoms with Crippen molar-refractivity contribution in [2.45, 2.75) is 44.8 Å². The van der Waals surface area contributed by atoms with Crippen LogP contribution in [-0.4, -0.2) is 12.6 Å². The molecular weight excluding hydrogens is 201 g/mol. The summed E-state index contributed by atoms with van der Waals surface area (Å²) >= 11 is 0. The first kappa shape index (κ1) is 11.6. The van der Waals surface area contributed by atoms with E-state index < -0.39 is 6.17 Å². The molecule has 0 aromatic heterocycles. The molecule has 88 valence electrons. The molecule has 2 atom stereocenters. The topological polar surface area (TPSA) is 12.0 Å². The molecule has 16 heavy (non-hydrogen) atoms. The second-order valence-corrected chi connectivity index (χ2v) is 4.76. The van der Waals surface area contributed by atoms with Gasteiger partial charge in [0, 0.05) is 6.04 Å². The van der Waals surface area contributed by atoms with E-state index in [0.717, 1.165) is 18.5 Å². The van der Waals surface area contributed by atoms with Gasteiger partial charge in [-0.1, -0.05) is 36.2 Å². The summed E-state index contributed by atoms with van der Waals surface area (Å²) in [6.45, 7) is 3.07. The van der Waals surface area contributed by atoms with E-state index in [2.05, 4.69) is 5.32 Å². The number of hydrogen-bond acceptors (Lipinski definition) is 1. The van der Waals surface area contributed by atoms with Crippen molar-refractivity contribution >= 4 is 0 Å². The van der Waals surface area contributed by atoms with E-state index in [1.54, 1.807) is 0 Å². The minimum atomic E-state index is -0.823. The molecule has 1 aliphatic heterocycles. The lowest BCUT2D eigenvalue weighted by molar-refractivity contribution is 0.260. The van der Waals surface area contributed by atoms with E-state index in [1.807, 2.05) is 31.2 Å². The molecular formula is C14H20FN. The third-order valence-corrected chi connectivity index (χ3v) is 3.34. The van der Waals surface area contributed by atoms with Gasteiger partial charge in [0.15, 0.2) is 0 Å². The maximum Gasteiger partial charge on any atom is 0.127 e. The maximum absolute atomic E-state index is 14.0. The number of aryl methyl sites for hydroxylation is 1. The van der Waals surface area contributed by atoms with Gasteiger partial charge >= 0.3 is 0 Å². The van der Waals surface area contributed by atoms with Crippen molar-refractivity contribution in [3.63, 3.8) is 0 Å². The van der Waals surface area contributed by atoms with E-state index >= 15 is 0 Å². The fourth-order valence-electron chi connectivity index (χ4n) is 2.29. The van der Waals surface area contributed by atoms with Crippen LogP contribution < -0.4 is 5.32 Å². The summed E-state index contributed by atoms with van der Waals surface area (Å²) < 4.78 is 14.0. The van der Waals surface area contributed by atoms with Gasteiger partial charge in [-0.3, -0.25) is 0 Å². The van der Waals surface area contributed by atoms with Crippen LogP contribution in [0.15, 0.2) is 24.3 Å².